The Labute approximate surface area is 109 Å². The van der Waals surface area contributed by atoms with Gasteiger partial charge in [0.2, 0.25) is 0 Å². The molecule has 0 amide bonds. The van der Waals surface area contributed by atoms with Gasteiger partial charge >= 0.3 is 59.1 Å². The van der Waals surface area contributed by atoms with E-state index in [1.807, 2.05) is 14.1 Å². The Balaban J connectivity index is -0.0000000208. The van der Waals surface area contributed by atoms with Crippen molar-refractivity contribution in [2.24, 2.45) is 0 Å². The summed E-state index contributed by atoms with van der Waals surface area (Å²) in [5.41, 5.74) is 0. The van der Waals surface area contributed by atoms with Gasteiger partial charge in [0.05, 0.1) is 0 Å². The second-order valence-corrected chi connectivity index (χ2v) is 2.29. The topological polar surface area (TPSA) is 3.24 Å². The first-order valence-corrected chi connectivity index (χ1v) is 2.40. The van der Waals surface area contributed by atoms with Gasteiger partial charge in [0.25, 0.3) is 0 Å². The molecular weight excluding hydrogens is 160 g/mol. The van der Waals surface area contributed by atoms with Crippen molar-refractivity contribution < 1.29 is 62.0 Å². The monoisotopic (exact) mass is 169 g/mol. The maximum atomic E-state index is 4.61. The smallest absolute Gasteiger partial charge is 1.00 e. The fraction of sp³-hybridized carbons (Fsp3) is 0.667. The van der Waals surface area contributed by atoms with Gasteiger partial charge in [0.15, 0.2) is 0 Å². The van der Waals surface area contributed by atoms with E-state index >= 15 is 0 Å². The summed E-state index contributed by atoms with van der Waals surface area (Å²) < 4.78 is 0.620. The molecule has 0 aromatic carbocycles. The Morgan fingerprint density at radius 2 is 1.62 bits per heavy atom. The van der Waals surface area contributed by atoms with Crippen LogP contribution in [-0.2, 0) is 0 Å². The summed E-state index contributed by atoms with van der Waals surface area (Å²) in [6.45, 7) is 0. The Kier molecular flexibility index (Phi) is 19.3. The predicted octanol–water partition coefficient (Wildman–Crippen LogP) is -5.00. The molecule has 40 valence electrons. The molecular formula is C3H9NNa2S2. The minimum atomic E-state index is 0. The second kappa shape index (κ2) is 9.24. The molecule has 0 aromatic heterocycles. The van der Waals surface area contributed by atoms with Gasteiger partial charge in [0.1, 0.15) is 4.32 Å². The minimum absolute atomic E-state index is 0. The van der Waals surface area contributed by atoms with Crippen molar-refractivity contribution in [3.05, 3.63) is 0 Å². The van der Waals surface area contributed by atoms with Crippen LogP contribution in [0.2, 0.25) is 0 Å². The van der Waals surface area contributed by atoms with Crippen LogP contribution < -0.4 is 59.1 Å². The van der Waals surface area contributed by atoms with E-state index in [-0.39, 0.29) is 62.0 Å². The van der Waals surface area contributed by atoms with Crippen LogP contribution in [0.25, 0.3) is 0 Å². The first kappa shape index (κ1) is 16.7. The van der Waals surface area contributed by atoms with Crippen LogP contribution in [0.3, 0.4) is 0 Å². The zero-order valence-electron chi connectivity index (χ0n) is 7.80. The van der Waals surface area contributed by atoms with Gasteiger partial charge in [-0.15, -0.1) is 12.6 Å². The zero-order valence-corrected chi connectivity index (χ0v) is 11.5. The Bertz CT molecular complexity index is 73.5. The Morgan fingerprint density at radius 1 is 1.50 bits per heavy atom. The van der Waals surface area contributed by atoms with E-state index in [0.717, 1.165) is 0 Å². The first-order valence-electron chi connectivity index (χ1n) is 1.55. The van der Waals surface area contributed by atoms with E-state index in [1.54, 1.807) is 4.90 Å². The molecule has 1 nitrogen and oxygen atoms in total. The summed E-state index contributed by atoms with van der Waals surface area (Å²) in [6, 6.07) is 0. The second-order valence-electron chi connectivity index (χ2n) is 1.18. The Morgan fingerprint density at radius 3 is 1.62 bits per heavy atom. The van der Waals surface area contributed by atoms with Crippen molar-refractivity contribution in [1.82, 2.24) is 4.90 Å². The summed E-state index contributed by atoms with van der Waals surface area (Å²) in [7, 11) is 3.71. The molecule has 0 saturated carbocycles. The van der Waals surface area contributed by atoms with Crippen LogP contribution >= 0.6 is 24.8 Å². The molecule has 0 saturated heterocycles. The third-order valence-electron chi connectivity index (χ3n) is 0.383. The van der Waals surface area contributed by atoms with Crippen LogP contribution in [-0.4, -0.2) is 23.3 Å². The molecule has 0 aliphatic rings. The van der Waals surface area contributed by atoms with Crippen LogP contribution in [0, 0.1) is 0 Å². The molecule has 0 rings (SSSR count). The number of hydrogen-bond acceptors (Lipinski definition) is 1. The Hall–Kier alpha value is 2.24. The predicted molar refractivity (Wildman–Crippen MR) is 37.5 cm³/mol. The third-order valence-corrected chi connectivity index (χ3v) is 1.15. The maximum Gasteiger partial charge on any atom is 1.00 e. The summed E-state index contributed by atoms with van der Waals surface area (Å²) >= 11 is 8.46. The number of hydrogen-bond donors (Lipinski definition) is 1. The van der Waals surface area contributed by atoms with Gasteiger partial charge in [-0.3, -0.25) is 0 Å². The van der Waals surface area contributed by atoms with Gasteiger partial charge in [-0.2, -0.15) is 0 Å². The normalized spacial score (nSPS) is 5.88. The van der Waals surface area contributed by atoms with E-state index in [0.29, 0.717) is 4.32 Å². The van der Waals surface area contributed by atoms with Crippen molar-refractivity contribution >= 4 is 29.2 Å². The summed E-state index contributed by atoms with van der Waals surface area (Å²) in [4.78, 5) is 1.76. The van der Waals surface area contributed by atoms with Crippen molar-refractivity contribution in [2.45, 2.75) is 0 Å². The fourth-order valence-electron chi connectivity index (χ4n) is 0. The molecule has 0 N–H and O–H groups in total. The standard InChI is InChI=1S/C3H7NS2.2Na.2H/c1-4(2)3(5)6;;;;/h1-2H3,(H,5,6);;;;/q;2*+1;2*-1. The van der Waals surface area contributed by atoms with Gasteiger partial charge in [-0.25, -0.2) is 0 Å². The first-order chi connectivity index (χ1) is 2.64. The molecule has 0 bridgehead atoms. The van der Waals surface area contributed by atoms with Crippen molar-refractivity contribution in [3.63, 3.8) is 0 Å². The van der Waals surface area contributed by atoms with Crippen LogP contribution in [0.1, 0.15) is 2.85 Å². The van der Waals surface area contributed by atoms with Gasteiger partial charge in [-0.05, 0) is 0 Å². The zero-order chi connectivity index (χ0) is 5.15. The average Bonchev–Trinajstić information content (AvgIpc) is 1.36. The molecule has 0 spiro atoms. The van der Waals surface area contributed by atoms with E-state index < -0.39 is 0 Å². The third kappa shape index (κ3) is 11.1. The number of nitrogens with zero attached hydrogens (tertiary/aromatic N) is 1. The van der Waals surface area contributed by atoms with E-state index in [4.69, 9.17) is 0 Å². The molecule has 0 unspecified atom stereocenters. The fourth-order valence-corrected chi connectivity index (χ4v) is 0. The molecule has 0 aromatic rings. The van der Waals surface area contributed by atoms with Gasteiger partial charge < -0.3 is 7.75 Å². The molecule has 0 aliphatic heterocycles. The largest absolute Gasteiger partial charge is 1.00 e. The minimum Gasteiger partial charge on any atom is -1.00 e. The molecule has 8 heavy (non-hydrogen) atoms. The van der Waals surface area contributed by atoms with Crippen molar-refractivity contribution in [2.75, 3.05) is 14.1 Å². The van der Waals surface area contributed by atoms with Gasteiger partial charge in [-0.1, -0.05) is 12.2 Å². The molecule has 0 heterocycles. The van der Waals surface area contributed by atoms with E-state index in [1.165, 1.54) is 0 Å². The molecule has 0 aliphatic carbocycles. The number of rotatable bonds is 0. The maximum absolute atomic E-state index is 4.61. The number of thiol groups is 1. The van der Waals surface area contributed by atoms with Gasteiger partial charge in [0, 0.05) is 14.1 Å². The summed E-state index contributed by atoms with van der Waals surface area (Å²) in [5, 5.41) is 0. The SMILES string of the molecule is CN(C)C(=S)S.[H-].[H-].[Na+].[Na+]. The molecule has 0 atom stereocenters. The van der Waals surface area contributed by atoms with Crippen LogP contribution in [0.15, 0.2) is 0 Å². The van der Waals surface area contributed by atoms with Crippen LogP contribution in [0.4, 0.5) is 0 Å². The number of thiocarbonyl (C=S) groups is 1. The van der Waals surface area contributed by atoms with Crippen molar-refractivity contribution in [1.29, 1.82) is 0 Å². The van der Waals surface area contributed by atoms with Crippen molar-refractivity contribution in [3.8, 4) is 0 Å². The quantitative estimate of drug-likeness (QED) is 0.220. The molecule has 5 heteroatoms. The summed E-state index contributed by atoms with van der Waals surface area (Å²) in [5.74, 6) is 0. The van der Waals surface area contributed by atoms with E-state index in [2.05, 4.69) is 24.8 Å². The molecule has 0 radical (unpaired) electrons. The van der Waals surface area contributed by atoms with E-state index in [9.17, 15) is 0 Å². The molecule has 0 fully saturated rings. The average molecular weight is 169 g/mol. The van der Waals surface area contributed by atoms with Crippen LogP contribution in [0.5, 0.6) is 0 Å². The summed E-state index contributed by atoms with van der Waals surface area (Å²) in [6.07, 6.45) is 0.